The van der Waals surface area contributed by atoms with Crippen molar-refractivity contribution >= 4 is 0 Å². The number of fused-ring (bicyclic) bond motifs is 1. The van der Waals surface area contributed by atoms with Gasteiger partial charge < -0.3 is 10.4 Å². The summed E-state index contributed by atoms with van der Waals surface area (Å²) >= 11 is 0. The molecule has 2 N–H and O–H groups in total. The summed E-state index contributed by atoms with van der Waals surface area (Å²) in [5, 5.41) is 17.3. The lowest BCUT2D eigenvalue weighted by Crippen LogP contribution is -2.22. The highest BCUT2D eigenvalue weighted by Crippen LogP contribution is 2.22. The fourth-order valence-corrected chi connectivity index (χ4v) is 2.23. The first-order valence-electron chi connectivity index (χ1n) is 5.19. The van der Waals surface area contributed by atoms with Crippen LogP contribution in [0.4, 0.5) is 0 Å². The van der Waals surface area contributed by atoms with Gasteiger partial charge in [-0.3, -0.25) is 0 Å². The molecule has 0 aliphatic carbocycles. The molecule has 76 valence electrons. The van der Waals surface area contributed by atoms with Gasteiger partial charge in [0.2, 0.25) is 0 Å². The number of rotatable bonds is 1. The van der Waals surface area contributed by atoms with Crippen LogP contribution in [-0.4, -0.2) is 32.5 Å². The number of aliphatic hydroxyl groups excluding tert-OH is 1. The minimum Gasteiger partial charge on any atom is -0.391 e. The summed E-state index contributed by atoms with van der Waals surface area (Å²) in [6.45, 7) is 1.83. The maximum Gasteiger partial charge on any atom is 0.170 e. The molecule has 3 heterocycles. The number of hydrogen-bond acceptors (Lipinski definition) is 4. The molecule has 1 saturated heterocycles. The number of aryl methyl sites for hydroxylation is 2. The summed E-state index contributed by atoms with van der Waals surface area (Å²) in [5.74, 6) is 1.84. The largest absolute Gasteiger partial charge is 0.391 e. The SMILES string of the molecule is OC1CCNC1c1nc2n(n1)CCC2. The molecule has 0 amide bonds. The minimum atomic E-state index is -0.321. The van der Waals surface area contributed by atoms with Crippen molar-refractivity contribution in [3.8, 4) is 0 Å². The molecule has 2 aliphatic heterocycles. The Morgan fingerprint density at radius 2 is 2.43 bits per heavy atom. The lowest BCUT2D eigenvalue weighted by atomic mass is 10.2. The lowest BCUT2D eigenvalue weighted by molar-refractivity contribution is 0.156. The smallest absolute Gasteiger partial charge is 0.170 e. The van der Waals surface area contributed by atoms with E-state index < -0.39 is 0 Å². The van der Waals surface area contributed by atoms with E-state index in [0.29, 0.717) is 0 Å². The monoisotopic (exact) mass is 194 g/mol. The molecule has 0 saturated carbocycles. The summed E-state index contributed by atoms with van der Waals surface area (Å²) in [4.78, 5) is 4.45. The molecule has 14 heavy (non-hydrogen) atoms. The fourth-order valence-electron chi connectivity index (χ4n) is 2.23. The summed E-state index contributed by atoms with van der Waals surface area (Å²) < 4.78 is 1.96. The fraction of sp³-hybridized carbons (Fsp3) is 0.778. The van der Waals surface area contributed by atoms with E-state index in [1.807, 2.05) is 4.68 Å². The van der Waals surface area contributed by atoms with Crippen molar-refractivity contribution in [3.63, 3.8) is 0 Å². The van der Waals surface area contributed by atoms with Crippen LogP contribution in [0.3, 0.4) is 0 Å². The zero-order valence-corrected chi connectivity index (χ0v) is 7.98. The highest BCUT2D eigenvalue weighted by Gasteiger charge is 2.30. The number of aromatic nitrogens is 3. The average Bonchev–Trinajstić information content (AvgIpc) is 2.75. The van der Waals surface area contributed by atoms with Crippen LogP contribution in [0.5, 0.6) is 0 Å². The van der Waals surface area contributed by atoms with E-state index in [0.717, 1.165) is 44.0 Å². The normalized spacial score (nSPS) is 30.9. The molecule has 3 rings (SSSR count). The molecule has 5 heteroatoms. The van der Waals surface area contributed by atoms with Gasteiger partial charge in [0.15, 0.2) is 5.82 Å². The average molecular weight is 194 g/mol. The van der Waals surface area contributed by atoms with E-state index in [1.54, 1.807) is 0 Å². The molecule has 2 unspecified atom stereocenters. The topological polar surface area (TPSA) is 63.0 Å². The van der Waals surface area contributed by atoms with Crippen LogP contribution >= 0.6 is 0 Å². The zero-order valence-electron chi connectivity index (χ0n) is 7.98. The zero-order chi connectivity index (χ0) is 9.54. The first kappa shape index (κ1) is 8.38. The van der Waals surface area contributed by atoms with E-state index in [2.05, 4.69) is 15.4 Å². The van der Waals surface area contributed by atoms with Gasteiger partial charge in [0.25, 0.3) is 0 Å². The van der Waals surface area contributed by atoms with Gasteiger partial charge in [0.1, 0.15) is 5.82 Å². The quantitative estimate of drug-likeness (QED) is 0.639. The maximum atomic E-state index is 9.68. The van der Waals surface area contributed by atoms with Gasteiger partial charge in [0.05, 0.1) is 12.1 Å². The van der Waals surface area contributed by atoms with Gasteiger partial charge in [0, 0.05) is 13.0 Å². The molecular formula is C9H14N4O. The summed E-state index contributed by atoms with van der Waals surface area (Å²) in [6, 6.07) is -0.0481. The Morgan fingerprint density at radius 1 is 1.50 bits per heavy atom. The molecule has 2 aliphatic rings. The summed E-state index contributed by atoms with van der Waals surface area (Å²) in [5.41, 5.74) is 0. The van der Waals surface area contributed by atoms with Gasteiger partial charge in [-0.15, -0.1) is 0 Å². The molecule has 0 bridgehead atoms. The van der Waals surface area contributed by atoms with Crippen LogP contribution in [0.1, 0.15) is 30.5 Å². The predicted octanol–water partition coefficient (Wildman–Crippen LogP) is -0.380. The van der Waals surface area contributed by atoms with Crippen LogP contribution in [-0.2, 0) is 13.0 Å². The molecule has 0 radical (unpaired) electrons. The van der Waals surface area contributed by atoms with Crippen LogP contribution in [0.2, 0.25) is 0 Å². The van der Waals surface area contributed by atoms with Crippen molar-refractivity contribution in [2.45, 2.75) is 38.0 Å². The Balaban J connectivity index is 1.89. The Morgan fingerprint density at radius 3 is 3.14 bits per heavy atom. The van der Waals surface area contributed by atoms with E-state index in [1.165, 1.54) is 0 Å². The molecule has 1 aromatic heterocycles. The number of nitrogens with one attached hydrogen (secondary N) is 1. The second-order valence-corrected chi connectivity index (χ2v) is 4.00. The number of nitrogens with zero attached hydrogens (tertiary/aromatic N) is 3. The standard InChI is InChI=1S/C9H14N4O/c14-6-3-4-10-8(6)9-11-7-2-1-5-13(7)12-9/h6,8,10,14H,1-5H2. The molecule has 0 spiro atoms. The van der Waals surface area contributed by atoms with Crippen molar-refractivity contribution in [1.82, 2.24) is 20.1 Å². The molecule has 2 atom stereocenters. The maximum absolute atomic E-state index is 9.68. The van der Waals surface area contributed by atoms with Crippen molar-refractivity contribution in [3.05, 3.63) is 11.6 Å². The predicted molar refractivity (Wildman–Crippen MR) is 49.7 cm³/mol. The molecule has 0 aromatic carbocycles. The van der Waals surface area contributed by atoms with E-state index in [4.69, 9.17) is 0 Å². The highest BCUT2D eigenvalue weighted by atomic mass is 16.3. The van der Waals surface area contributed by atoms with Gasteiger partial charge in [-0.2, -0.15) is 5.10 Å². The minimum absolute atomic E-state index is 0.0481. The van der Waals surface area contributed by atoms with E-state index in [-0.39, 0.29) is 12.1 Å². The van der Waals surface area contributed by atoms with Crippen LogP contribution < -0.4 is 5.32 Å². The second kappa shape index (κ2) is 3.03. The van der Waals surface area contributed by atoms with Gasteiger partial charge in [-0.1, -0.05) is 0 Å². The third-order valence-electron chi connectivity index (χ3n) is 3.00. The highest BCUT2D eigenvalue weighted by molar-refractivity contribution is 5.05. The molecular weight excluding hydrogens is 180 g/mol. The lowest BCUT2D eigenvalue weighted by Gasteiger charge is -2.09. The van der Waals surface area contributed by atoms with Crippen molar-refractivity contribution in [1.29, 1.82) is 0 Å². The third kappa shape index (κ3) is 1.16. The summed E-state index contributed by atoms with van der Waals surface area (Å²) in [7, 11) is 0. The van der Waals surface area contributed by atoms with Crippen LogP contribution in [0.25, 0.3) is 0 Å². The van der Waals surface area contributed by atoms with Crippen LogP contribution in [0, 0.1) is 0 Å². The molecule has 5 nitrogen and oxygen atoms in total. The summed E-state index contributed by atoms with van der Waals surface area (Å²) in [6.07, 6.45) is 2.65. The van der Waals surface area contributed by atoms with Gasteiger partial charge >= 0.3 is 0 Å². The Bertz CT molecular complexity index is 327. The first-order valence-corrected chi connectivity index (χ1v) is 5.19. The van der Waals surface area contributed by atoms with Gasteiger partial charge in [-0.05, 0) is 19.4 Å². The third-order valence-corrected chi connectivity index (χ3v) is 3.00. The Labute approximate surface area is 82.1 Å². The second-order valence-electron chi connectivity index (χ2n) is 4.00. The number of hydrogen-bond donors (Lipinski definition) is 2. The first-order chi connectivity index (χ1) is 6.84. The molecule has 1 aromatic rings. The van der Waals surface area contributed by atoms with Gasteiger partial charge in [-0.25, -0.2) is 9.67 Å². The van der Waals surface area contributed by atoms with E-state index >= 15 is 0 Å². The van der Waals surface area contributed by atoms with Crippen LogP contribution in [0.15, 0.2) is 0 Å². The van der Waals surface area contributed by atoms with Crippen molar-refractivity contribution < 1.29 is 5.11 Å². The Hall–Kier alpha value is -0.940. The van der Waals surface area contributed by atoms with Crippen molar-refractivity contribution in [2.24, 2.45) is 0 Å². The number of aliphatic hydroxyl groups is 1. The Kier molecular flexibility index (Phi) is 1.81. The molecule has 1 fully saturated rings. The van der Waals surface area contributed by atoms with E-state index in [9.17, 15) is 5.11 Å². The van der Waals surface area contributed by atoms with Crippen molar-refractivity contribution in [2.75, 3.05) is 6.54 Å².